The Labute approximate surface area is 254 Å². The number of nitrogens with zero attached hydrogens (tertiary/aromatic N) is 4. The summed E-state index contributed by atoms with van der Waals surface area (Å²) < 4.78 is 4.46. The molecule has 6 aromatic carbocycles. The lowest BCUT2D eigenvalue weighted by Gasteiger charge is -2.13. The molecule has 0 bridgehead atoms. The molecule has 0 atom stereocenters. The maximum Gasteiger partial charge on any atom is 0.234 e. The molecule has 0 unspecified atom stereocenters. The Kier molecular flexibility index (Phi) is 5.47. The minimum Gasteiger partial charge on any atom is -0.316 e. The van der Waals surface area contributed by atoms with Crippen LogP contribution in [0.2, 0.25) is 0 Å². The molecule has 9 aromatic rings. The van der Waals surface area contributed by atoms with Gasteiger partial charge in [0.15, 0.2) is 0 Å². The van der Waals surface area contributed by atoms with E-state index in [9.17, 15) is 0 Å². The summed E-state index contributed by atoms with van der Waals surface area (Å²) >= 11 is 0. The zero-order chi connectivity index (χ0) is 29.0. The number of para-hydroxylation sites is 2. The lowest BCUT2D eigenvalue weighted by atomic mass is 9.95. The van der Waals surface area contributed by atoms with Crippen LogP contribution in [0.3, 0.4) is 0 Å². The van der Waals surface area contributed by atoms with Gasteiger partial charge in [-0.05, 0) is 64.5 Å². The van der Waals surface area contributed by atoms with Gasteiger partial charge in [0.2, 0.25) is 5.95 Å². The summed E-state index contributed by atoms with van der Waals surface area (Å²) in [5.41, 5.74) is 9.08. The number of hydrogen-bond donors (Lipinski definition) is 0. The Morgan fingerprint density at radius 1 is 0.455 bits per heavy atom. The van der Waals surface area contributed by atoms with Crippen LogP contribution in [0.1, 0.15) is 0 Å². The molecule has 0 aliphatic carbocycles. The molecule has 0 amide bonds. The zero-order valence-electron chi connectivity index (χ0n) is 23.8. The quantitative estimate of drug-likeness (QED) is 0.214. The van der Waals surface area contributed by atoms with Crippen LogP contribution < -0.4 is 0 Å². The summed E-state index contributed by atoms with van der Waals surface area (Å²) in [5, 5.41) is 6.06. The van der Waals surface area contributed by atoms with Crippen molar-refractivity contribution >= 4 is 43.5 Å². The van der Waals surface area contributed by atoms with Crippen LogP contribution in [-0.4, -0.2) is 19.1 Å². The number of rotatable bonds is 4. The van der Waals surface area contributed by atoms with Gasteiger partial charge in [0.1, 0.15) is 0 Å². The highest BCUT2D eigenvalue weighted by molar-refractivity contribution is 6.15. The van der Waals surface area contributed by atoms with Gasteiger partial charge >= 0.3 is 0 Å². The van der Waals surface area contributed by atoms with E-state index in [0.29, 0.717) is 5.95 Å². The first-order chi connectivity index (χ1) is 21.8. The molecule has 3 aromatic heterocycles. The smallest absolute Gasteiger partial charge is 0.234 e. The van der Waals surface area contributed by atoms with Crippen LogP contribution >= 0.6 is 0 Å². The van der Waals surface area contributed by atoms with Gasteiger partial charge in [-0.15, -0.1) is 0 Å². The van der Waals surface area contributed by atoms with Crippen molar-refractivity contribution in [3.05, 3.63) is 158 Å². The maximum absolute atomic E-state index is 4.83. The van der Waals surface area contributed by atoms with Crippen LogP contribution in [0.4, 0.5) is 0 Å². The molecule has 3 heterocycles. The SMILES string of the molecule is c1ccc(-c2cnc(-n3c4ccccc4c4cc(-c5cc6ccn(-c7ccccc7)c6c6ccccc56)ccc43)nc2)cc1. The predicted molar refractivity (Wildman–Crippen MR) is 182 cm³/mol. The van der Waals surface area contributed by atoms with Crippen molar-refractivity contribution in [2.24, 2.45) is 0 Å². The highest BCUT2D eigenvalue weighted by Gasteiger charge is 2.17. The number of benzene rings is 6. The fraction of sp³-hybridized carbons (Fsp3) is 0. The Balaban J connectivity index is 1.23. The molecule has 206 valence electrons. The van der Waals surface area contributed by atoms with Gasteiger partial charge < -0.3 is 4.57 Å². The van der Waals surface area contributed by atoms with E-state index in [1.807, 2.05) is 30.6 Å². The fourth-order valence-electron chi connectivity index (χ4n) is 6.62. The van der Waals surface area contributed by atoms with E-state index in [1.165, 1.54) is 43.6 Å². The van der Waals surface area contributed by atoms with E-state index in [-0.39, 0.29) is 0 Å². The second-order valence-corrected chi connectivity index (χ2v) is 11.2. The Hall–Kier alpha value is -6.00. The summed E-state index contributed by atoms with van der Waals surface area (Å²) in [4.78, 5) is 9.66. The van der Waals surface area contributed by atoms with Gasteiger partial charge in [-0.2, -0.15) is 0 Å². The highest BCUT2D eigenvalue weighted by atomic mass is 15.1. The van der Waals surface area contributed by atoms with Crippen LogP contribution in [0.25, 0.3) is 77.4 Å². The lowest BCUT2D eigenvalue weighted by molar-refractivity contribution is 0.990. The summed E-state index contributed by atoms with van der Waals surface area (Å²) in [6.45, 7) is 0. The molecule has 0 fully saturated rings. The van der Waals surface area contributed by atoms with Gasteiger partial charge in [-0.25, -0.2) is 9.97 Å². The zero-order valence-corrected chi connectivity index (χ0v) is 23.8. The largest absolute Gasteiger partial charge is 0.316 e. The molecule has 44 heavy (non-hydrogen) atoms. The summed E-state index contributed by atoms with van der Waals surface area (Å²) in [5.74, 6) is 0.665. The molecule has 0 N–H and O–H groups in total. The van der Waals surface area contributed by atoms with Crippen LogP contribution in [0, 0.1) is 0 Å². The van der Waals surface area contributed by atoms with E-state index in [0.717, 1.165) is 27.8 Å². The average Bonchev–Trinajstić information content (AvgIpc) is 3.68. The Morgan fingerprint density at radius 2 is 1.11 bits per heavy atom. The summed E-state index contributed by atoms with van der Waals surface area (Å²) in [6, 6.07) is 49.4. The Bertz CT molecular complexity index is 2470. The lowest BCUT2D eigenvalue weighted by Crippen LogP contribution is -2.00. The third-order valence-corrected chi connectivity index (χ3v) is 8.65. The molecule has 4 nitrogen and oxygen atoms in total. The predicted octanol–water partition coefficient (Wildman–Crippen LogP) is 10.0. The van der Waals surface area contributed by atoms with Crippen molar-refractivity contribution in [2.75, 3.05) is 0 Å². The monoisotopic (exact) mass is 562 g/mol. The van der Waals surface area contributed by atoms with Gasteiger partial charge in [-0.3, -0.25) is 4.57 Å². The van der Waals surface area contributed by atoms with Crippen molar-refractivity contribution in [3.8, 4) is 33.9 Å². The first-order valence-corrected chi connectivity index (χ1v) is 14.8. The molecule has 9 rings (SSSR count). The average molecular weight is 563 g/mol. The van der Waals surface area contributed by atoms with E-state index >= 15 is 0 Å². The van der Waals surface area contributed by atoms with Gasteiger partial charge in [0.25, 0.3) is 0 Å². The van der Waals surface area contributed by atoms with Crippen molar-refractivity contribution in [1.82, 2.24) is 19.1 Å². The molecule has 0 saturated carbocycles. The van der Waals surface area contributed by atoms with Gasteiger partial charge in [0, 0.05) is 51.4 Å². The molecule has 0 aliphatic heterocycles. The summed E-state index contributed by atoms with van der Waals surface area (Å²) in [6.07, 6.45) is 6.00. The van der Waals surface area contributed by atoms with Crippen molar-refractivity contribution < 1.29 is 0 Å². The second-order valence-electron chi connectivity index (χ2n) is 11.2. The van der Waals surface area contributed by atoms with Crippen molar-refractivity contribution in [1.29, 1.82) is 0 Å². The number of aromatic nitrogens is 4. The maximum atomic E-state index is 4.83. The molecule has 0 spiro atoms. The molecular formula is C40H26N4. The normalized spacial score (nSPS) is 11.6. The van der Waals surface area contributed by atoms with Gasteiger partial charge in [0.05, 0.1) is 16.6 Å². The first kappa shape index (κ1) is 24.6. The Morgan fingerprint density at radius 3 is 1.91 bits per heavy atom. The van der Waals surface area contributed by atoms with E-state index in [1.54, 1.807) is 0 Å². The van der Waals surface area contributed by atoms with E-state index in [4.69, 9.17) is 9.97 Å². The van der Waals surface area contributed by atoms with E-state index in [2.05, 4.69) is 137 Å². The van der Waals surface area contributed by atoms with E-state index < -0.39 is 0 Å². The number of fused-ring (bicyclic) bond motifs is 6. The fourth-order valence-corrected chi connectivity index (χ4v) is 6.62. The van der Waals surface area contributed by atoms with Crippen LogP contribution in [-0.2, 0) is 0 Å². The summed E-state index contributed by atoms with van der Waals surface area (Å²) in [7, 11) is 0. The minimum absolute atomic E-state index is 0.665. The third kappa shape index (κ3) is 3.78. The van der Waals surface area contributed by atoms with Crippen LogP contribution in [0.5, 0.6) is 0 Å². The second kappa shape index (κ2) is 9.79. The van der Waals surface area contributed by atoms with Gasteiger partial charge in [-0.1, -0.05) is 97.1 Å². The van der Waals surface area contributed by atoms with Crippen molar-refractivity contribution in [3.63, 3.8) is 0 Å². The standard InChI is InChI=1S/C40H26N4/c1-3-11-27(12-4-1)30-25-41-40(42-26-30)44-37-18-10-9-16-33(37)36-23-28(19-20-38(36)44)35-24-29-21-22-43(31-13-5-2-6-14-31)39(29)34-17-8-7-15-32(34)35/h1-26H. The molecular weight excluding hydrogens is 536 g/mol. The van der Waals surface area contributed by atoms with Crippen molar-refractivity contribution in [2.45, 2.75) is 0 Å². The highest BCUT2D eigenvalue weighted by Crippen LogP contribution is 2.39. The first-order valence-electron chi connectivity index (χ1n) is 14.8. The molecule has 0 saturated heterocycles. The topological polar surface area (TPSA) is 35.6 Å². The third-order valence-electron chi connectivity index (χ3n) is 8.65. The number of hydrogen-bond acceptors (Lipinski definition) is 2. The minimum atomic E-state index is 0.665. The molecule has 0 aliphatic rings. The molecule has 0 radical (unpaired) electrons. The van der Waals surface area contributed by atoms with Crippen LogP contribution in [0.15, 0.2) is 158 Å². The molecule has 4 heteroatoms.